The van der Waals surface area contributed by atoms with E-state index in [1.807, 2.05) is 24.3 Å². The van der Waals surface area contributed by atoms with Crippen LogP contribution in [0, 0.1) is 0 Å². The molecular weight excluding hydrogens is 757 g/mol. The van der Waals surface area contributed by atoms with Crippen LogP contribution in [0.1, 0.15) is 22.9 Å². The molecule has 2 aromatic heterocycles. The minimum absolute atomic E-state index is 0.341. The Bertz CT molecular complexity index is 3430. The summed E-state index contributed by atoms with van der Waals surface area (Å²) in [4.78, 5) is 10.3. The van der Waals surface area contributed by atoms with E-state index < -0.39 is 0 Å². The summed E-state index contributed by atoms with van der Waals surface area (Å²) in [7, 11) is 0. The summed E-state index contributed by atoms with van der Waals surface area (Å²) >= 11 is 0. The van der Waals surface area contributed by atoms with Gasteiger partial charge in [0.15, 0.2) is 5.84 Å². The number of nitrogens with zero attached hydrogens (tertiary/aromatic N) is 3. The molecule has 9 aromatic carbocycles. The van der Waals surface area contributed by atoms with E-state index in [-0.39, 0.29) is 6.17 Å². The van der Waals surface area contributed by atoms with Gasteiger partial charge in [-0.3, -0.25) is 0 Å². The first kappa shape index (κ1) is 35.6. The second-order valence-corrected chi connectivity index (χ2v) is 15.8. The first-order valence-corrected chi connectivity index (χ1v) is 21.0. The zero-order chi connectivity index (χ0) is 41.0. The third-order valence-electron chi connectivity index (χ3n) is 12.1. The van der Waals surface area contributed by atoms with E-state index in [9.17, 15) is 0 Å². The van der Waals surface area contributed by atoms with E-state index in [2.05, 4.69) is 204 Å². The fourth-order valence-electron chi connectivity index (χ4n) is 8.97. The van der Waals surface area contributed by atoms with Gasteiger partial charge in [-0.1, -0.05) is 170 Å². The SMILES string of the molecule is c1ccc(C2=NC(c3cccc(-c4ccccc4)c3)NC(c3ccc4c(c3)oc3cc(-n5c6cc(-c7ccccc7)ccc6c6ccc(-c7ccccc7)cc65)ccc34)=N2)cc1. The van der Waals surface area contributed by atoms with Gasteiger partial charge < -0.3 is 14.3 Å². The van der Waals surface area contributed by atoms with E-state index in [1.54, 1.807) is 0 Å². The summed E-state index contributed by atoms with van der Waals surface area (Å²) < 4.78 is 9.18. The Kier molecular flexibility index (Phi) is 8.49. The second kappa shape index (κ2) is 14.8. The number of furan rings is 1. The van der Waals surface area contributed by atoms with Gasteiger partial charge in [-0.2, -0.15) is 0 Å². The van der Waals surface area contributed by atoms with Crippen molar-refractivity contribution in [3.8, 4) is 39.1 Å². The van der Waals surface area contributed by atoms with Crippen LogP contribution in [0.5, 0.6) is 0 Å². The molecular formula is C57H38N4O. The Hall–Kier alpha value is -8.28. The van der Waals surface area contributed by atoms with Gasteiger partial charge >= 0.3 is 0 Å². The highest BCUT2D eigenvalue weighted by molar-refractivity contribution is 6.15. The molecule has 0 aliphatic carbocycles. The van der Waals surface area contributed by atoms with Crippen molar-refractivity contribution in [2.75, 3.05) is 0 Å². The molecule has 12 rings (SSSR count). The number of hydrogen-bond acceptors (Lipinski definition) is 4. The van der Waals surface area contributed by atoms with E-state index in [0.29, 0.717) is 5.84 Å². The van der Waals surface area contributed by atoms with Crippen molar-refractivity contribution in [2.24, 2.45) is 9.98 Å². The Balaban J connectivity index is 0.968. The first-order valence-electron chi connectivity index (χ1n) is 21.0. The summed E-state index contributed by atoms with van der Waals surface area (Å²) in [5, 5.41) is 8.20. The average Bonchev–Trinajstić information content (AvgIpc) is 3.89. The lowest BCUT2D eigenvalue weighted by molar-refractivity contribution is 0.666. The van der Waals surface area contributed by atoms with Gasteiger partial charge in [-0.15, -0.1) is 0 Å². The minimum Gasteiger partial charge on any atom is -0.456 e. The molecule has 0 spiro atoms. The fraction of sp³-hybridized carbons (Fsp3) is 0.0175. The van der Waals surface area contributed by atoms with Crippen molar-refractivity contribution in [3.63, 3.8) is 0 Å². The Labute approximate surface area is 358 Å². The quantitative estimate of drug-likeness (QED) is 0.175. The molecule has 1 N–H and O–H groups in total. The van der Waals surface area contributed by atoms with Crippen molar-refractivity contribution < 1.29 is 4.42 Å². The number of aliphatic imine (C=N–C) groups is 2. The van der Waals surface area contributed by atoms with Crippen LogP contribution in [0.15, 0.2) is 233 Å². The van der Waals surface area contributed by atoms with Crippen LogP contribution in [-0.2, 0) is 0 Å². The maximum absolute atomic E-state index is 6.79. The smallest absolute Gasteiger partial charge is 0.159 e. The standard InChI is InChI=1S/C57H38N4O/c1-5-14-37(15-6-1)41-22-13-23-44(32-41)56-58-55(40-20-11-4-12-21-40)59-57(60-56)45-26-30-49-50-31-27-46(36-54(50)62-53(49)35-45)61-51-33-42(38-16-7-2-8-17-38)24-28-47(51)48-29-25-43(34-52(48)61)39-18-9-3-10-19-39/h1-36,56H,(H,58,59,60). The maximum atomic E-state index is 6.79. The predicted molar refractivity (Wildman–Crippen MR) is 256 cm³/mol. The third-order valence-corrected chi connectivity index (χ3v) is 12.1. The first-order chi connectivity index (χ1) is 30.7. The summed E-state index contributed by atoms with van der Waals surface area (Å²) in [6.07, 6.45) is -0.341. The van der Waals surface area contributed by atoms with E-state index in [4.69, 9.17) is 14.4 Å². The molecule has 0 bridgehead atoms. The van der Waals surface area contributed by atoms with Gasteiger partial charge in [0.1, 0.15) is 23.2 Å². The molecule has 0 saturated carbocycles. The number of hydrogen-bond donors (Lipinski definition) is 1. The van der Waals surface area contributed by atoms with Crippen molar-refractivity contribution in [3.05, 3.63) is 235 Å². The topological polar surface area (TPSA) is 54.8 Å². The summed E-state index contributed by atoms with van der Waals surface area (Å²) in [5.74, 6) is 1.42. The number of amidine groups is 2. The average molecular weight is 795 g/mol. The van der Waals surface area contributed by atoms with Crippen LogP contribution in [0.2, 0.25) is 0 Å². The molecule has 0 amide bonds. The highest BCUT2D eigenvalue weighted by atomic mass is 16.3. The van der Waals surface area contributed by atoms with Gasteiger partial charge in [0, 0.05) is 44.4 Å². The van der Waals surface area contributed by atoms with Gasteiger partial charge in [0.05, 0.1) is 11.0 Å². The lowest BCUT2D eigenvalue weighted by atomic mass is 10.0. The molecule has 0 saturated heterocycles. The van der Waals surface area contributed by atoms with Crippen LogP contribution in [0.25, 0.3) is 82.8 Å². The van der Waals surface area contributed by atoms with Crippen molar-refractivity contribution in [1.82, 2.24) is 9.88 Å². The van der Waals surface area contributed by atoms with Crippen molar-refractivity contribution >= 4 is 55.4 Å². The number of fused-ring (bicyclic) bond motifs is 6. The molecule has 1 unspecified atom stereocenters. The molecule has 11 aromatic rings. The number of aromatic nitrogens is 1. The lowest BCUT2D eigenvalue weighted by Gasteiger charge is -2.24. The molecule has 292 valence electrons. The lowest BCUT2D eigenvalue weighted by Crippen LogP contribution is -2.33. The molecule has 62 heavy (non-hydrogen) atoms. The summed E-state index contributed by atoms with van der Waals surface area (Å²) in [6.45, 7) is 0. The van der Waals surface area contributed by atoms with Crippen molar-refractivity contribution in [1.29, 1.82) is 0 Å². The largest absolute Gasteiger partial charge is 0.456 e. The molecule has 1 aliphatic heterocycles. The van der Waals surface area contributed by atoms with E-state index >= 15 is 0 Å². The van der Waals surface area contributed by atoms with Crippen LogP contribution >= 0.6 is 0 Å². The Morgan fingerprint density at radius 3 is 1.47 bits per heavy atom. The van der Waals surface area contributed by atoms with Crippen LogP contribution < -0.4 is 5.32 Å². The van der Waals surface area contributed by atoms with Crippen LogP contribution in [0.3, 0.4) is 0 Å². The van der Waals surface area contributed by atoms with E-state index in [1.165, 1.54) is 33.0 Å². The van der Waals surface area contributed by atoms with Gasteiger partial charge in [-0.05, 0) is 81.4 Å². The molecule has 1 atom stereocenters. The number of rotatable bonds is 7. The van der Waals surface area contributed by atoms with Crippen LogP contribution in [0.4, 0.5) is 0 Å². The number of benzene rings is 9. The highest BCUT2D eigenvalue weighted by Gasteiger charge is 2.23. The highest BCUT2D eigenvalue weighted by Crippen LogP contribution is 2.39. The van der Waals surface area contributed by atoms with Gasteiger partial charge in [0.2, 0.25) is 0 Å². The fourth-order valence-corrected chi connectivity index (χ4v) is 8.97. The van der Waals surface area contributed by atoms with Gasteiger partial charge in [-0.25, -0.2) is 9.98 Å². The second-order valence-electron chi connectivity index (χ2n) is 15.8. The summed E-state index contributed by atoms with van der Waals surface area (Å²) in [6, 6.07) is 77.0. The maximum Gasteiger partial charge on any atom is 0.159 e. The zero-order valence-electron chi connectivity index (χ0n) is 33.6. The molecule has 5 heteroatoms. The van der Waals surface area contributed by atoms with Gasteiger partial charge in [0.25, 0.3) is 0 Å². The Morgan fingerprint density at radius 1 is 0.387 bits per heavy atom. The number of nitrogens with one attached hydrogen (secondary N) is 1. The van der Waals surface area contributed by atoms with E-state index in [0.717, 1.165) is 72.3 Å². The predicted octanol–water partition coefficient (Wildman–Crippen LogP) is 14.2. The van der Waals surface area contributed by atoms with Crippen LogP contribution in [-0.4, -0.2) is 16.2 Å². The molecule has 1 aliphatic rings. The molecule has 0 fully saturated rings. The Morgan fingerprint density at radius 2 is 0.871 bits per heavy atom. The molecule has 5 nitrogen and oxygen atoms in total. The monoisotopic (exact) mass is 794 g/mol. The zero-order valence-corrected chi connectivity index (χ0v) is 33.6. The normalized spacial score (nSPS) is 14.0. The third kappa shape index (κ3) is 6.27. The minimum atomic E-state index is -0.341. The molecule has 0 radical (unpaired) electrons. The van der Waals surface area contributed by atoms with Crippen molar-refractivity contribution in [2.45, 2.75) is 6.17 Å². The summed E-state index contributed by atoms with van der Waals surface area (Å²) in [5.41, 5.74) is 14.9. The molecule has 3 heterocycles.